The number of benzene rings is 2. The summed E-state index contributed by atoms with van der Waals surface area (Å²) in [4.78, 5) is 4.34. The molecule has 0 aliphatic carbocycles. The molecule has 0 aliphatic rings. The van der Waals surface area contributed by atoms with Gasteiger partial charge in [-0.25, -0.2) is 5.43 Å². The number of nitrogens with zero attached hydrogens (tertiary/aromatic N) is 2. The molecule has 0 amide bonds. The second-order valence-corrected chi connectivity index (χ2v) is 8.82. The van der Waals surface area contributed by atoms with Crippen LogP contribution in [0.2, 0.25) is 0 Å². The van der Waals surface area contributed by atoms with E-state index in [2.05, 4.69) is 57.1 Å². The van der Waals surface area contributed by atoms with E-state index in [0.29, 0.717) is 17.3 Å². The van der Waals surface area contributed by atoms with Gasteiger partial charge in [0.05, 0.1) is 6.21 Å². The summed E-state index contributed by atoms with van der Waals surface area (Å²) < 4.78 is 5.61. The van der Waals surface area contributed by atoms with Crippen molar-refractivity contribution in [3.05, 3.63) is 53.1 Å². The van der Waals surface area contributed by atoms with Gasteiger partial charge in [0.25, 0.3) is 0 Å². The van der Waals surface area contributed by atoms with Gasteiger partial charge in [-0.3, -0.25) is 0 Å². The first kappa shape index (κ1) is 19.0. The second kappa shape index (κ2) is 6.72. The number of oxazole rings is 1. The van der Waals surface area contributed by atoms with Crippen LogP contribution in [0.25, 0.3) is 11.1 Å². The number of hydrazone groups is 1. The van der Waals surface area contributed by atoms with Crippen molar-refractivity contribution in [3.63, 3.8) is 0 Å². The molecule has 3 aromatic rings. The number of anilines is 1. The predicted octanol–water partition coefficient (Wildman–Crippen LogP) is 5.57. The number of nitrogens with one attached hydrogen (secondary N) is 1. The maximum absolute atomic E-state index is 10.8. The van der Waals surface area contributed by atoms with E-state index in [0.717, 1.165) is 22.2 Å². The van der Waals surface area contributed by atoms with E-state index in [4.69, 9.17) is 4.42 Å². The van der Waals surface area contributed by atoms with Gasteiger partial charge in [0.2, 0.25) is 0 Å². The molecule has 0 spiro atoms. The first-order chi connectivity index (χ1) is 12.6. The van der Waals surface area contributed by atoms with Gasteiger partial charge in [-0.15, -0.1) is 0 Å². The largest absolute Gasteiger partial charge is 0.507 e. The average molecular weight is 365 g/mol. The number of rotatable bonds is 3. The number of hydrogen-bond acceptors (Lipinski definition) is 5. The topological polar surface area (TPSA) is 70.7 Å². The highest BCUT2D eigenvalue weighted by atomic mass is 16.4. The molecule has 2 aromatic carbocycles. The number of phenols is 1. The first-order valence-electron chi connectivity index (χ1n) is 9.08. The van der Waals surface area contributed by atoms with Gasteiger partial charge in [-0.05, 0) is 40.7 Å². The Morgan fingerprint density at radius 3 is 2.15 bits per heavy atom. The maximum Gasteiger partial charge on any atom is 0.316 e. The molecule has 0 radical (unpaired) electrons. The summed E-state index contributed by atoms with van der Waals surface area (Å²) in [6.45, 7) is 12.5. The SMILES string of the molecule is CC(C)(C)c1cc(C=NNc2nc3ccccc3o2)cc(C(C)(C)C)c1O. The van der Waals surface area contributed by atoms with Crippen molar-refractivity contribution in [2.45, 2.75) is 52.4 Å². The lowest BCUT2D eigenvalue weighted by Crippen LogP contribution is -2.17. The van der Waals surface area contributed by atoms with Crippen molar-refractivity contribution < 1.29 is 9.52 Å². The smallest absolute Gasteiger partial charge is 0.316 e. The normalized spacial score (nSPS) is 12.8. The minimum absolute atomic E-state index is 0.179. The average Bonchev–Trinajstić information content (AvgIpc) is 2.96. The summed E-state index contributed by atoms with van der Waals surface area (Å²) in [5.41, 5.74) is 6.69. The van der Waals surface area contributed by atoms with E-state index in [1.807, 2.05) is 36.4 Å². The van der Waals surface area contributed by atoms with E-state index >= 15 is 0 Å². The minimum Gasteiger partial charge on any atom is -0.507 e. The van der Waals surface area contributed by atoms with E-state index < -0.39 is 0 Å². The summed E-state index contributed by atoms with van der Waals surface area (Å²) in [6.07, 6.45) is 1.72. The lowest BCUT2D eigenvalue weighted by atomic mass is 9.78. The molecule has 3 rings (SSSR count). The standard InChI is InChI=1S/C22H27N3O2/c1-21(2,3)15-11-14(12-16(19(15)26)22(4,5)6)13-23-25-20-24-17-9-7-8-10-18(17)27-20/h7-13,26H,1-6H3,(H,24,25). The van der Waals surface area contributed by atoms with Crippen LogP contribution >= 0.6 is 0 Å². The maximum atomic E-state index is 10.8. The first-order valence-corrected chi connectivity index (χ1v) is 9.08. The summed E-state index contributed by atoms with van der Waals surface area (Å²) in [7, 11) is 0. The Bertz CT molecular complexity index is 921. The molecule has 5 nitrogen and oxygen atoms in total. The molecule has 0 bridgehead atoms. The van der Waals surface area contributed by atoms with E-state index in [9.17, 15) is 5.11 Å². The van der Waals surface area contributed by atoms with Crippen LogP contribution in [-0.2, 0) is 10.8 Å². The molecule has 0 saturated heterocycles. The van der Waals surface area contributed by atoms with Gasteiger partial charge in [0, 0.05) is 11.1 Å². The van der Waals surface area contributed by atoms with E-state index in [1.54, 1.807) is 6.21 Å². The van der Waals surface area contributed by atoms with E-state index in [1.165, 1.54) is 0 Å². The summed E-state index contributed by atoms with van der Waals surface area (Å²) in [6, 6.07) is 11.9. The lowest BCUT2D eigenvalue weighted by Gasteiger charge is -2.27. The van der Waals surface area contributed by atoms with Crippen LogP contribution in [0.4, 0.5) is 6.01 Å². The summed E-state index contributed by atoms with van der Waals surface area (Å²) in [5, 5.41) is 15.1. The Balaban J connectivity index is 1.92. The molecule has 0 atom stereocenters. The second-order valence-electron chi connectivity index (χ2n) is 8.82. The van der Waals surface area contributed by atoms with Crippen molar-refractivity contribution >= 4 is 23.3 Å². The van der Waals surface area contributed by atoms with Crippen LogP contribution in [0.1, 0.15) is 58.2 Å². The van der Waals surface area contributed by atoms with Gasteiger partial charge in [0.1, 0.15) is 11.3 Å². The Hall–Kier alpha value is -2.82. The van der Waals surface area contributed by atoms with E-state index in [-0.39, 0.29) is 10.8 Å². The van der Waals surface area contributed by atoms with Gasteiger partial charge in [-0.2, -0.15) is 10.1 Å². The molecule has 0 fully saturated rings. The molecular formula is C22H27N3O2. The Labute approximate surface area is 160 Å². The number of phenolic OH excluding ortho intramolecular Hbond substituents is 1. The number of para-hydroxylation sites is 2. The fourth-order valence-electron chi connectivity index (χ4n) is 2.96. The van der Waals surface area contributed by atoms with Crippen LogP contribution < -0.4 is 5.43 Å². The fourth-order valence-corrected chi connectivity index (χ4v) is 2.96. The molecular weight excluding hydrogens is 338 g/mol. The van der Waals surface area contributed by atoms with Gasteiger partial charge < -0.3 is 9.52 Å². The van der Waals surface area contributed by atoms with Gasteiger partial charge in [0.15, 0.2) is 5.58 Å². The highest BCUT2D eigenvalue weighted by Gasteiger charge is 2.26. The van der Waals surface area contributed by atoms with Gasteiger partial charge >= 0.3 is 6.01 Å². The predicted molar refractivity (Wildman–Crippen MR) is 111 cm³/mol. The fraction of sp³-hybridized carbons (Fsp3) is 0.364. The van der Waals surface area contributed by atoms with Crippen molar-refractivity contribution in [1.82, 2.24) is 4.98 Å². The number of hydrogen-bond donors (Lipinski definition) is 2. The van der Waals surface area contributed by atoms with Crippen molar-refractivity contribution in [2.75, 3.05) is 5.43 Å². The molecule has 2 N–H and O–H groups in total. The molecule has 0 saturated carbocycles. The van der Waals surface area contributed by atoms with Crippen LogP contribution in [0.3, 0.4) is 0 Å². The summed E-state index contributed by atoms with van der Waals surface area (Å²) in [5.74, 6) is 0.360. The molecule has 1 aromatic heterocycles. The number of aromatic hydroxyl groups is 1. The molecule has 142 valence electrons. The summed E-state index contributed by atoms with van der Waals surface area (Å²) >= 11 is 0. The van der Waals surface area contributed by atoms with Crippen molar-refractivity contribution in [3.8, 4) is 5.75 Å². The lowest BCUT2D eigenvalue weighted by molar-refractivity contribution is 0.423. The monoisotopic (exact) mass is 365 g/mol. The highest BCUT2D eigenvalue weighted by Crippen LogP contribution is 2.39. The van der Waals surface area contributed by atoms with Crippen LogP contribution in [-0.4, -0.2) is 16.3 Å². The zero-order valence-corrected chi connectivity index (χ0v) is 16.8. The quantitative estimate of drug-likeness (QED) is 0.470. The Morgan fingerprint density at radius 1 is 1.00 bits per heavy atom. The van der Waals surface area contributed by atoms with Crippen molar-refractivity contribution in [1.29, 1.82) is 0 Å². The van der Waals surface area contributed by atoms with Crippen LogP contribution in [0.15, 0.2) is 45.9 Å². The van der Waals surface area contributed by atoms with Crippen LogP contribution in [0, 0.1) is 0 Å². The molecule has 27 heavy (non-hydrogen) atoms. The molecule has 0 unspecified atom stereocenters. The number of aromatic nitrogens is 1. The third-order valence-electron chi connectivity index (χ3n) is 4.42. The number of fused-ring (bicyclic) bond motifs is 1. The van der Waals surface area contributed by atoms with Crippen molar-refractivity contribution in [2.24, 2.45) is 5.10 Å². The zero-order valence-electron chi connectivity index (χ0n) is 16.8. The molecule has 0 aliphatic heterocycles. The van der Waals surface area contributed by atoms with Gasteiger partial charge in [-0.1, -0.05) is 53.7 Å². The third kappa shape index (κ3) is 4.13. The Kier molecular flexibility index (Phi) is 4.72. The zero-order chi connectivity index (χ0) is 19.8. The molecule has 1 heterocycles. The third-order valence-corrected chi connectivity index (χ3v) is 4.42. The minimum atomic E-state index is -0.179. The highest BCUT2D eigenvalue weighted by molar-refractivity contribution is 5.82. The van der Waals surface area contributed by atoms with Crippen LogP contribution in [0.5, 0.6) is 5.75 Å². The molecule has 5 heteroatoms. The Morgan fingerprint density at radius 2 is 1.59 bits per heavy atom.